The highest BCUT2D eigenvalue weighted by Gasteiger charge is 2.37. The Kier molecular flexibility index (Phi) is 6.57. The van der Waals surface area contributed by atoms with Crippen molar-refractivity contribution < 1.29 is 13.9 Å². The molecule has 1 atom stereocenters. The topological polar surface area (TPSA) is 32.8 Å². The van der Waals surface area contributed by atoms with Crippen molar-refractivity contribution in [3.63, 3.8) is 0 Å². The summed E-state index contributed by atoms with van der Waals surface area (Å²) in [5.74, 6) is 0.180. The number of hydrogen-bond acceptors (Lipinski definition) is 3. The van der Waals surface area contributed by atoms with E-state index in [1.807, 2.05) is 31.2 Å². The fourth-order valence-electron chi connectivity index (χ4n) is 4.07. The molecule has 1 amide bonds. The number of nitrogens with zero attached hydrogens (tertiary/aromatic N) is 2. The summed E-state index contributed by atoms with van der Waals surface area (Å²) in [6, 6.07) is 14.1. The Balaban J connectivity index is 0.00000225. The average molecular weight is 405 g/mol. The van der Waals surface area contributed by atoms with Gasteiger partial charge in [0.05, 0.1) is 6.54 Å². The summed E-state index contributed by atoms with van der Waals surface area (Å²) in [5.41, 5.74) is 2.74. The molecule has 150 valence electrons. The second-order valence-corrected chi connectivity index (χ2v) is 7.61. The van der Waals surface area contributed by atoms with Crippen LogP contribution < -0.4 is 4.90 Å². The van der Waals surface area contributed by atoms with Crippen molar-refractivity contribution in [2.45, 2.75) is 32.4 Å². The van der Waals surface area contributed by atoms with E-state index >= 15 is 0 Å². The first-order valence-electron chi connectivity index (χ1n) is 9.60. The largest absolute Gasteiger partial charge is 0.444 e. The normalized spacial score (nSPS) is 23.0. The summed E-state index contributed by atoms with van der Waals surface area (Å²) in [7, 11) is 0. The van der Waals surface area contributed by atoms with Crippen LogP contribution in [0.3, 0.4) is 0 Å². The van der Waals surface area contributed by atoms with Crippen LogP contribution in [0.15, 0.2) is 48.5 Å². The van der Waals surface area contributed by atoms with E-state index in [2.05, 4.69) is 4.90 Å². The van der Waals surface area contributed by atoms with Crippen LogP contribution in [-0.2, 0) is 11.3 Å². The SMILES string of the molecule is Cc1cccc(N(Cc2ccc(F)cc2)C(=O)O[C@H]2CN3CCC2CC3)c1.Cl. The third-order valence-corrected chi connectivity index (χ3v) is 5.64. The van der Waals surface area contributed by atoms with Gasteiger partial charge in [0.25, 0.3) is 0 Å². The van der Waals surface area contributed by atoms with Gasteiger partial charge >= 0.3 is 6.09 Å². The van der Waals surface area contributed by atoms with Crippen LogP contribution in [-0.4, -0.2) is 36.7 Å². The molecule has 4 nitrogen and oxygen atoms in total. The number of aryl methyl sites for hydroxylation is 1. The molecule has 3 heterocycles. The second-order valence-electron chi connectivity index (χ2n) is 7.61. The zero-order chi connectivity index (χ0) is 18.8. The van der Waals surface area contributed by atoms with Crippen molar-refractivity contribution in [2.24, 2.45) is 5.92 Å². The summed E-state index contributed by atoms with van der Waals surface area (Å²) in [5, 5.41) is 0. The van der Waals surface area contributed by atoms with E-state index in [1.54, 1.807) is 17.0 Å². The van der Waals surface area contributed by atoms with Gasteiger partial charge in [-0.1, -0.05) is 24.3 Å². The third kappa shape index (κ3) is 4.65. The van der Waals surface area contributed by atoms with Crippen molar-refractivity contribution >= 4 is 24.2 Å². The molecule has 0 radical (unpaired) electrons. The molecular formula is C22H26ClFN2O2. The molecule has 3 aliphatic heterocycles. The molecule has 3 fully saturated rings. The summed E-state index contributed by atoms with van der Waals surface area (Å²) in [6.07, 6.45) is 1.82. The van der Waals surface area contributed by atoms with Gasteiger partial charge in [-0.25, -0.2) is 9.18 Å². The van der Waals surface area contributed by atoms with Crippen LogP contribution in [0, 0.1) is 18.7 Å². The number of hydrogen-bond donors (Lipinski definition) is 0. The van der Waals surface area contributed by atoms with E-state index in [4.69, 9.17) is 4.74 Å². The van der Waals surface area contributed by atoms with Crippen LogP contribution in [0.2, 0.25) is 0 Å². The second kappa shape index (κ2) is 8.93. The van der Waals surface area contributed by atoms with Crippen molar-refractivity contribution in [3.8, 4) is 0 Å². The minimum Gasteiger partial charge on any atom is -0.444 e. The van der Waals surface area contributed by atoms with E-state index in [1.165, 1.54) is 12.1 Å². The Morgan fingerprint density at radius 1 is 1.18 bits per heavy atom. The Labute approximate surface area is 171 Å². The van der Waals surface area contributed by atoms with Gasteiger partial charge in [-0.2, -0.15) is 0 Å². The van der Waals surface area contributed by atoms with E-state index < -0.39 is 0 Å². The molecule has 2 aromatic carbocycles. The molecule has 0 aromatic heterocycles. The van der Waals surface area contributed by atoms with Crippen molar-refractivity contribution in [1.29, 1.82) is 0 Å². The quantitative estimate of drug-likeness (QED) is 0.734. The van der Waals surface area contributed by atoms with Crippen LogP contribution in [0.1, 0.15) is 24.0 Å². The first-order valence-corrected chi connectivity index (χ1v) is 9.60. The lowest BCUT2D eigenvalue weighted by Crippen LogP contribution is -2.53. The summed E-state index contributed by atoms with van der Waals surface area (Å²) >= 11 is 0. The van der Waals surface area contributed by atoms with Gasteiger partial charge in [0, 0.05) is 12.2 Å². The first-order chi connectivity index (χ1) is 13.1. The minimum absolute atomic E-state index is 0. The first kappa shape index (κ1) is 20.6. The molecule has 0 N–H and O–H groups in total. The summed E-state index contributed by atoms with van der Waals surface area (Å²) < 4.78 is 19.2. The van der Waals surface area contributed by atoms with E-state index in [0.29, 0.717) is 12.5 Å². The number of benzene rings is 2. The van der Waals surface area contributed by atoms with E-state index in [0.717, 1.165) is 49.3 Å². The Hall–Kier alpha value is -2.11. The molecule has 3 saturated heterocycles. The zero-order valence-electron chi connectivity index (χ0n) is 16.0. The van der Waals surface area contributed by atoms with Gasteiger partial charge in [0.2, 0.25) is 0 Å². The van der Waals surface area contributed by atoms with Gasteiger partial charge in [0.1, 0.15) is 11.9 Å². The predicted octanol–water partition coefficient (Wildman–Crippen LogP) is 4.79. The number of piperidine rings is 3. The Bertz CT molecular complexity index is 806. The lowest BCUT2D eigenvalue weighted by Gasteiger charge is -2.44. The molecule has 6 heteroatoms. The predicted molar refractivity (Wildman–Crippen MR) is 110 cm³/mol. The van der Waals surface area contributed by atoms with Gasteiger partial charge in [-0.3, -0.25) is 9.80 Å². The van der Waals surface area contributed by atoms with Gasteiger partial charge < -0.3 is 4.74 Å². The molecule has 0 aliphatic carbocycles. The van der Waals surface area contributed by atoms with Crippen LogP contribution in [0.4, 0.5) is 14.9 Å². The fraction of sp³-hybridized carbons (Fsp3) is 0.409. The maximum absolute atomic E-state index is 13.2. The van der Waals surface area contributed by atoms with E-state index in [9.17, 15) is 9.18 Å². The third-order valence-electron chi connectivity index (χ3n) is 5.64. The lowest BCUT2D eigenvalue weighted by atomic mass is 9.86. The number of fused-ring (bicyclic) bond motifs is 3. The number of halogens is 2. The number of ether oxygens (including phenoxy) is 1. The monoisotopic (exact) mass is 404 g/mol. The zero-order valence-corrected chi connectivity index (χ0v) is 16.8. The van der Waals surface area contributed by atoms with Crippen LogP contribution >= 0.6 is 12.4 Å². The van der Waals surface area contributed by atoms with Gasteiger partial charge in [0.15, 0.2) is 0 Å². The highest BCUT2D eigenvalue weighted by atomic mass is 35.5. The number of rotatable bonds is 4. The fourth-order valence-corrected chi connectivity index (χ4v) is 4.07. The maximum atomic E-state index is 13.2. The number of carbonyl (C=O) groups excluding carboxylic acids is 1. The standard InChI is InChI=1S/C22H25FN2O2.ClH/c1-16-3-2-4-20(13-16)25(14-17-5-7-19(23)8-6-17)22(26)27-21-15-24-11-9-18(21)10-12-24;/h2-8,13,18,21H,9-12,14-15H2,1H3;1H/t21-;/m0./s1. The van der Waals surface area contributed by atoms with Crippen molar-refractivity contribution in [1.82, 2.24) is 4.90 Å². The van der Waals surface area contributed by atoms with Crippen LogP contribution in [0.25, 0.3) is 0 Å². The van der Waals surface area contributed by atoms with Crippen molar-refractivity contribution in [3.05, 3.63) is 65.5 Å². The molecule has 2 aromatic rings. The molecule has 3 aliphatic rings. The highest BCUT2D eigenvalue weighted by molar-refractivity contribution is 5.87. The molecule has 5 rings (SSSR count). The Morgan fingerprint density at radius 3 is 2.50 bits per heavy atom. The van der Waals surface area contributed by atoms with E-state index in [-0.39, 0.29) is 30.4 Å². The van der Waals surface area contributed by atoms with Gasteiger partial charge in [-0.05, 0) is 74.2 Å². The van der Waals surface area contributed by atoms with Crippen molar-refractivity contribution in [2.75, 3.05) is 24.5 Å². The number of carbonyl (C=O) groups is 1. The average Bonchev–Trinajstić information content (AvgIpc) is 2.68. The maximum Gasteiger partial charge on any atom is 0.414 e. The lowest BCUT2D eigenvalue weighted by molar-refractivity contribution is -0.0311. The molecule has 0 unspecified atom stereocenters. The smallest absolute Gasteiger partial charge is 0.414 e. The van der Waals surface area contributed by atoms with Crippen LogP contribution in [0.5, 0.6) is 0 Å². The number of amides is 1. The highest BCUT2D eigenvalue weighted by Crippen LogP contribution is 2.30. The van der Waals surface area contributed by atoms with Gasteiger partial charge in [-0.15, -0.1) is 12.4 Å². The molecule has 0 saturated carbocycles. The molecule has 0 spiro atoms. The minimum atomic E-state index is -0.330. The Morgan fingerprint density at radius 2 is 1.89 bits per heavy atom. The molecule has 28 heavy (non-hydrogen) atoms. The number of anilines is 1. The summed E-state index contributed by atoms with van der Waals surface area (Å²) in [4.78, 5) is 17.1. The summed E-state index contributed by atoms with van der Waals surface area (Å²) in [6.45, 7) is 5.39. The molecule has 2 bridgehead atoms. The molecular weight excluding hydrogens is 379 g/mol.